The molecule has 2 amide bonds. The lowest BCUT2D eigenvalue weighted by Crippen LogP contribution is -2.27. The number of nitrogens with one attached hydrogen (secondary N) is 2. The van der Waals surface area contributed by atoms with E-state index in [9.17, 15) is 18.4 Å². The van der Waals surface area contributed by atoms with Gasteiger partial charge in [0.05, 0.1) is 6.04 Å². The van der Waals surface area contributed by atoms with Crippen LogP contribution in [0.2, 0.25) is 0 Å². The fourth-order valence-corrected chi connectivity index (χ4v) is 2.95. The number of hydrogen-bond donors (Lipinski definition) is 2. The fourth-order valence-electron chi connectivity index (χ4n) is 2.95. The third-order valence-corrected chi connectivity index (χ3v) is 4.91. The van der Waals surface area contributed by atoms with E-state index in [0.717, 1.165) is 24.0 Å². The molecule has 9 heteroatoms. The van der Waals surface area contributed by atoms with Crippen LogP contribution in [0.15, 0.2) is 30.6 Å². The molecule has 2 aromatic heterocycles. The van der Waals surface area contributed by atoms with Gasteiger partial charge in [0.1, 0.15) is 5.82 Å². The summed E-state index contributed by atoms with van der Waals surface area (Å²) in [5.41, 5.74) is 1.90. The van der Waals surface area contributed by atoms with Crippen molar-refractivity contribution in [1.82, 2.24) is 15.3 Å². The first-order valence-corrected chi connectivity index (χ1v) is 10.2. The lowest BCUT2D eigenvalue weighted by molar-refractivity contribution is -0.118. The molecule has 3 rings (SSSR count). The van der Waals surface area contributed by atoms with Gasteiger partial charge in [0.2, 0.25) is 11.8 Å². The van der Waals surface area contributed by atoms with Crippen LogP contribution in [0.25, 0.3) is 0 Å². The van der Waals surface area contributed by atoms with E-state index in [1.54, 1.807) is 19.9 Å². The summed E-state index contributed by atoms with van der Waals surface area (Å²) < 4.78 is 30.1. The molecule has 0 aromatic carbocycles. The number of hydrogen-bond acceptors (Lipinski definition) is 5. The topological polar surface area (TPSA) is 93.2 Å². The van der Waals surface area contributed by atoms with Crippen LogP contribution in [-0.4, -0.2) is 34.8 Å². The number of halogens is 2. The van der Waals surface area contributed by atoms with Crippen LogP contribution >= 0.6 is 0 Å². The SMILES string of the molecule is CC(C)C(=O)Nc1cc(C(=O)NC(C)c2cnc(OCC(F)F)c(C3CC3)c2)ccn1. The normalized spacial score (nSPS) is 14.4. The molecule has 1 aliphatic carbocycles. The van der Waals surface area contributed by atoms with Gasteiger partial charge >= 0.3 is 0 Å². The van der Waals surface area contributed by atoms with E-state index in [2.05, 4.69) is 20.6 Å². The Balaban J connectivity index is 1.69. The van der Waals surface area contributed by atoms with Gasteiger partial charge < -0.3 is 15.4 Å². The van der Waals surface area contributed by atoms with Crippen LogP contribution in [0, 0.1) is 5.92 Å². The number of aromatic nitrogens is 2. The summed E-state index contributed by atoms with van der Waals surface area (Å²) in [6.07, 6.45) is 2.33. The average Bonchev–Trinajstić information content (AvgIpc) is 3.57. The maximum absolute atomic E-state index is 12.7. The average molecular weight is 432 g/mol. The van der Waals surface area contributed by atoms with Crippen molar-refractivity contribution < 1.29 is 23.1 Å². The molecule has 1 unspecified atom stereocenters. The van der Waals surface area contributed by atoms with E-state index in [-0.39, 0.29) is 35.6 Å². The summed E-state index contributed by atoms with van der Waals surface area (Å²) in [6, 6.07) is 4.56. The Morgan fingerprint density at radius 2 is 1.94 bits per heavy atom. The highest BCUT2D eigenvalue weighted by Crippen LogP contribution is 2.44. The molecule has 31 heavy (non-hydrogen) atoms. The lowest BCUT2D eigenvalue weighted by atomic mass is 10.1. The monoisotopic (exact) mass is 432 g/mol. The molecule has 1 aliphatic rings. The fraction of sp³-hybridized carbons (Fsp3) is 0.455. The lowest BCUT2D eigenvalue weighted by Gasteiger charge is -2.17. The van der Waals surface area contributed by atoms with Gasteiger partial charge in [0, 0.05) is 29.4 Å². The zero-order valence-corrected chi connectivity index (χ0v) is 17.7. The molecule has 1 atom stereocenters. The quantitative estimate of drug-likeness (QED) is 0.623. The number of carbonyl (C=O) groups excluding carboxylic acids is 2. The molecule has 2 heterocycles. The van der Waals surface area contributed by atoms with Gasteiger partial charge in [0.15, 0.2) is 6.61 Å². The maximum atomic E-state index is 12.7. The van der Waals surface area contributed by atoms with E-state index < -0.39 is 13.0 Å². The molecular weight excluding hydrogens is 406 g/mol. The predicted molar refractivity (Wildman–Crippen MR) is 111 cm³/mol. The Morgan fingerprint density at radius 3 is 2.58 bits per heavy atom. The highest BCUT2D eigenvalue weighted by Gasteiger charge is 2.29. The van der Waals surface area contributed by atoms with Crippen LogP contribution in [0.1, 0.15) is 67.1 Å². The second kappa shape index (κ2) is 9.80. The van der Waals surface area contributed by atoms with Gasteiger partial charge in [-0.25, -0.2) is 18.7 Å². The van der Waals surface area contributed by atoms with Crippen molar-refractivity contribution in [2.24, 2.45) is 5.92 Å². The molecule has 1 fully saturated rings. The van der Waals surface area contributed by atoms with E-state index in [4.69, 9.17) is 4.74 Å². The number of carbonyl (C=O) groups is 2. The summed E-state index contributed by atoms with van der Waals surface area (Å²) in [7, 11) is 0. The molecule has 0 radical (unpaired) electrons. The van der Waals surface area contributed by atoms with Crippen molar-refractivity contribution >= 4 is 17.6 Å². The Morgan fingerprint density at radius 1 is 1.19 bits per heavy atom. The zero-order chi connectivity index (χ0) is 22.5. The van der Waals surface area contributed by atoms with Crippen molar-refractivity contribution in [2.45, 2.75) is 52.0 Å². The van der Waals surface area contributed by atoms with E-state index in [1.807, 2.05) is 13.0 Å². The minimum atomic E-state index is -2.57. The number of alkyl halides is 2. The molecule has 0 aliphatic heterocycles. The standard InChI is InChI=1S/C22H26F2N4O3/c1-12(2)20(29)28-19-9-15(6-7-25-19)21(30)27-13(3)16-8-17(14-4-5-14)22(26-10-16)31-11-18(23)24/h6-10,12-14,18H,4-5,11H2,1-3H3,(H,27,30)(H,25,28,29). The zero-order valence-electron chi connectivity index (χ0n) is 17.7. The van der Waals surface area contributed by atoms with Gasteiger partial charge in [-0.2, -0.15) is 0 Å². The summed E-state index contributed by atoms with van der Waals surface area (Å²) in [5, 5.41) is 5.56. The van der Waals surface area contributed by atoms with Crippen molar-refractivity contribution in [3.8, 4) is 5.88 Å². The van der Waals surface area contributed by atoms with Crippen molar-refractivity contribution in [2.75, 3.05) is 11.9 Å². The summed E-state index contributed by atoms with van der Waals surface area (Å²) in [4.78, 5) is 32.8. The molecule has 7 nitrogen and oxygen atoms in total. The van der Waals surface area contributed by atoms with E-state index in [1.165, 1.54) is 18.5 Å². The van der Waals surface area contributed by atoms with Gasteiger partial charge in [-0.3, -0.25) is 9.59 Å². The van der Waals surface area contributed by atoms with Crippen LogP contribution in [0.4, 0.5) is 14.6 Å². The van der Waals surface area contributed by atoms with Crippen LogP contribution in [0.5, 0.6) is 5.88 Å². The predicted octanol–water partition coefficient (Wildman–Crippen LogP) is 4.08. The van der Waals surface area contributed by atoms with Gasteiger partial charge in [-0.05, 0) is 49.4 Å². The number of ether oxygens (including phenoxy) is 1. The second-order valence-electron chi connectivity index (χ2n) is 7.91. The highest BCUT2D eigenvalue weighted by atomic mass is 19.3. The second-order valence-corrected chi connectivity index (χ2v) is 7.91. The molecule has 2 aromatic rings. The smallest absolute Gasteiger partial charge is 0.272 e. The molecular formula is C22H26F2N4O3. The van der Waals surface area contributed by atoms with Crippen LogP contribution in [0.3, 0.4) is 0 Å². The number of pyridine rings is 2. The first kappa shape index (κ1) is 22.6. The molecule has 0 bridgehead atoms. The first-order chi connectivity index (χ1) is 14.7. The molecule has 2 N–H and O–H groups in total. The minimum Gasteiger partial charge on any atom is -0.471 e. The summed E-state index contributed by atoms with van der Waals surface area (Å²) >= 11 is 0. The van der Waals surface area contributed by atoms with Crippen LogP contribution in [-0.2, 0) is 4.79 Å². The first-order valence-electron chi connectivity index (χ1n) is 10.2. The Bertz CT molecular complexity index is 948. The third-order valence-electron chi connectivity index (χ3n) is 4.91. The summed E-state index contributed by atoms with van der Waals surface area (Å²) in [6.45, 7) is 4.65. The number of nitrogens with zero attached hydrogens (tertiary/aromatic N) is 2. The van der Waals surface area contributed by atoms with Gasteiger partial charge in [0.25, 0.3) is 12.3 Å². The van der Waals surface area contributed by atoms with Crippen molar-refractivity contribution in [1.29, 1.82) is 0 Å². The number of rotatable bonds is 9. The largest absolute Gasteiger partial charge is 0.471 e. The molecule has 0 spiro atoms. The van der Waals surface area contributed by atoms with E-state index >= 15 is 0 Å². The number of anilines is 1. The van der Waals surface area contributed by atoms with Crippen molar-refractivity contribution in [3.05, 3.63) is 47.3 Å². The van der Waals surface area contributed by atoms with E-state index in [0.29, 0.717) is 11.4 Å². The Labute approximate surface area is 179 Å². The molecule has 0 saturated heterocycles. The van der Waals surface area contributed by atoms with Crippen molar-refractivity contribution in [3.63, 3.8) is 0 Å². The Hall–Kier alpha value is -3.10. The van der Waals surface area contributed by atoms with Crippen LogP contribution < -0.4 is 15.4 Å². The van der Waals surface area contributed by atoms with Gasteiger partial charge in [-0.1, -0.05) is 13.8 Å². The number of amides is 2. The highest BCUT2D eigenvalue weighted by molar-refractivity contribution is 5.97. The maximum Gasteiger partial charge on any atom is 0.272 e. The Kier molecular flexibility index (Phi) is 7.14. The molecule has 1 saturated carbocycles. The summed E-state index contributed by atoms with van der Waals surface area (Å²) in [5.74, 6) is 0.0460. The molecule has 166 valence electrons. The minimum absolute atomic E-state index is 0.189. The van der Waals surface area contributed by atoms with Gasteiger partial charge in [-0.15, -0.1) is 0 Å². The third kappa shape index (κ3) is 6.19.